The summed E-state index contributed by atoms with van der Waals surface area (Å²) in [5.74, 6) is -3.29. The third-order valence-corrected chi connectivity index (χ3v) is 3.05. The first-order chi connectivity index (χ1) is 8.77. The fraction of sp³-hybridized carbons (Fsp3) is 0.667. The molecule has 0 aromatic carbocycles. The van der Waals surface area contributed by atoms with Crippen LogP contribution in [0.25, 0.3) is 0 Å². The first kappa shape index (κ1) is 13.6. The van der Waals surface area contributed by atoms with E-state index in [2.05, 4.69) is 10.2 Å². The van der Waals surface area contributed by atoms with Crippen molar-refractivity contribution in [2.45, 2.75) is 24.6 Å². The van der Waals surface area contributed by atoms with E-state index in [1.54, 1.807) is 0 Å². The minimum Gasteiger partial charge on any atom is -0.327 e. The van der Waals surface area contributed by atoms with Crippen LogP contribution in [0.4, 0.5) is 18.0 Å². The van der Waals surface area contributed by atoms with Gasteiger partial charge in [0.2, 0.25) is 0 Å². The van der Waals surface area contributed by atoms with Crippen molar-refractivity contribution in [3.05, 3.63) is 0 Å². The predicted octanol–water partition coefficient (Wildman–Crippen LogP) is -0.319. The first-order valence-corrected chi connectivity index (χ1v) is 5.43. The summed E-state index contributed by atoms with van der Waals surface area (Å²) in [7, 11) is 0. The maximum Gasteiger partial charge on any atom is 0.493 e. The molecule has 3 amide bonds. The van der Waals surface area contributed by atoms with Crippen molar-refractivity contribution in [1.82, 2.24) is 15.7 Å². The Morgan fingerprint density at radius 3 is 2.37 bits per heavy atom. The number of hydrogen-bond acceptors (Lipinski definition) is 5. The second-order valence-corrected chi connectivity index (χ2v) is 4.21. The number of hydroxylamine groups is 2. The van der Waals surface area contributed by atoms with Crippen molar-refractivity contribution in [2.75, 3.05) is 13.1 Å². The fourth-order valence-electron chi connectivity index (χ4n) is 2.08. The summed E-state index contributed by atoms with van der Waals surface area (Å²) in [6, 6.07) is -1.16. The molecular weight excluding hydrogens is 271 g/mol. The summed E-state index contributed by atoms with van der Waals surface area (Å²) in [5.41, 5.74) is -1.55. The maximum atomic E-state index is 12.2. The van der Waals surface area contributed by atoms with Gasteiger partial charge in [-0.25, -0.2) is 9.59 Å². The van der Waals surface area contributed by atoms with Crippen LogP contribution in [0, 0.1) is 0 Å². The molecule has 1 spiro atoms. The number of carbonyl (C=O) groups excluding carboxylic acids is 3. The van der Waals surface area contributed by atoms with E-state index in [0.717, 1.165) is 0 Å². The average molecular weight is 281 g/mol. The molecule has 19 heavy (non-hydrogen) atoms. The molecule has 2 aliphatic rings. The van der Waals surface area contributed by atoms with E-state index in [0.29, 0.717) is 13.1 Å². The number of urea groups is 1. The topological polar surface area (TPSA) is 87.7 Å². The van der Waals surface area contributed by atoms with E-state index in [4.69, 9.17) is 0 Å². The summed E-state index contributed by atoms with van der Waals surface area (Å²) >= 11 is 0. The van der Waals surface area contributed by atoms with E-state index in [1.165, 1.54) is 0 Å². The van der Waals surface area contributed by atoms with Crippen LogP contribution in [0.3, 0.4) is 0 Å². The third-order valence-electron chi connectivity index (χ3n) is 3.05. The molecule has 0 saturated carbocycles. The zero-order valence-electron chi connectivity index (χ0n) is 9.54. The number of halogens is 3. The summed E-state index contributed by atoms with van der Waals surface area (Å²) in [5, 5.41) is 4.97. The zero-order chi connectivity index (χ0) is 14.3. The Labute approximate surface area is 105 Å². The van der Waals surface area contributed by atoms with Crippen molar-refractivity contribution in [2.24, 2.45) is 0 Å². The number of amides is 3. The van der Waals surface area contributed by atoms with Crippen molar-refractivity contribution in [3.63, 3.8) is 0 Å². The van der Waals surface area contributed by atoms with Gasteiger partial charge < -0.3 is 10.2 Å². The number of imide groups is 1. The number of rotatable bonds is 1. The normalized spacial score (nSPS) is 22.6. The van der Waals surface area contributed by atoms with Crippen LogP contribution in [-0.4, -0.2) is 47.8 Å². The molecule has 2 aliphatic heterocycles. The lowest BCUT2D eigenvalue weighted by Gasteiger charge is -2.36. The monoisotopic (exact) mass is 281 g/mol. The Morgan fingerprint density at radius 1 is 1.26 bits per heavy atom. The van der Waals surface area contributed by atoms with Gasteiger partial charge in [0.05, 0.1) is 0 Å². The molecule has 2 N–H and O–H groups in total. The van der Waals surface area contributed by atoms with Crippen molar-refractivity contribution in [3.8, 4) is 0 Å². The minimum atomic E-state index is -5.24. The van der Waals surface area contributed by atoms with Gasteiger partial charge in [0.25, 0.3) is 5.91 Å². The lowest BCUT2D eigenvalue weighted by Crippen LogP contribution is -2.56. The van der Waals surface area contributed by atoms with Gasteiger partial charge in [-0.05, 0) is 25.9 Å². The number of nitrogens with one attached hydrogen (secondary N) is 2. The Balaban J connectivity index is 2.23. The van der Waals surface area contributed by atoms with Crippen molar-refractivity contribution < 1.29 is 32.4 Å². The second-order valence-electron chi connectivity index (χ2n) is 4.21. The molecule has 2 saturated heterocycles. The third kappa shape index (κ3) is 2.23. The highest BCUT2D eigenvalue weighted by Gasteiger charge is 2.57. The zero-order valence-corrected chi connectivity index (χ0v) is 9.54. The van der Waals surface area contributed by atoms with Crippen LogP contribution in [0.15, 0.2) is 0 Å². The second kappa shape index (κ2) is 4.37. The van der Waals surface area contributed by atoms with E-state index in [1.807, 2.05) is 5.32 Å². The van der Waals surface area contributed by atoms with Crippen molar-refractivity contribution in [1.29, 1.82) is 0 Å². The molecule has 0 atom stereocenters. The van der Waals surface area contributed by atoms with Gasteiger partial charge in [-0.1, -0.05) is 0 Å². The first-order valence-electron chi connectivity index (χ1n) is 5.43. The SMILES string of the molecule is O=C1NC(=O)C2(CCNCC2)N1OC(=O)C(F)(F)F. The molecule has 10 heteroatoms. The van der Waals surface area contributed by atoms with Crippen LogP contribution < -0.4 is 10.6 Å². The molecule has 0 bridgehead atoms. The van der Waals surface area contributed by atoms with Gasteiger partial charge in [-0.2, -0.15) is 13.2 Å². The Bertz CT molecular complexity index is 431. The molecule has 2 heterocycles. The van der Waals surface area contributed by atoms with Crippen LogP contribution in [0.1, 0.15) is 12.8 Å². The van der Waals surface area contributed by atoms with Gasteiger partial charge in [0.15, 0.2) is 5.54 Å². The van der Waals surface area contributed by atoms with E-state index >= 15 is 0 Å². The van der Waals surface area contributed by atoms with Gasteiger partial charge in [0.1, 0.15) is 0 Å². The van der Waals surface area contributed by atoms with Crippen LogP contribution >= 0.6 is 0 Å². The summed E-state index contributed by atoms with van der Waals surface area (Å²) in [4.78, 5) is 38.0. The molecular formula is C9H10F3N3O4. The molecule has 0 aromatic heterocycles. The highest BCUT2D eigenvalue weighted by molar-refractivity contribution is 6.07. The molecule has 106 valence electrons. The maximum absolute atomic E-state index is 12.2. The lowest BCUT2D eigenvalue weighted by atomic mass is 9.88. The highest BCUT2D eigenvalue weighted by Crippen LogP contribution is 2.32. The summed E-state index contributed by atoms with van der Waals surface area (Å²) in [6.45, 7) is 0.640. The quantitative estimate of drug-likeness (QED) is 0.643. The number of nitrogens with zero attached hydrogens (tertiary/aromatic N) is 1. The summed E-state index contributed by atoms with van der Waals surface area (Å²) < 4.78 is 36.5. The van der Waals surface area contributed by atoms with Crippen molar-refractivity contribution >= 4 is 17.9 Å². The van der Waals surface area contributed by atoms with Crippen LogP contribution in [0.2, 0.25) is 0 Å². The van der Waals surface area contributed by atoms with E-state index in [-0.39, 0.29) is 17.9 Å². The number of alkyl halides is 3. The molecule has 7 nitrogen and oxygen atoms in total. The Morgan fingerprint density at radius 2 is 1.84 bits per heavy atom. The fourth-order valence-corrected chi connectivity index (χ4v) is 2.08. The predicted molar refractivity (Wildman–Crippen MR) is 52.4 cm³/mol. The average Bonchev–Trinajstić information content (AvgIpc) is 2.54. The lowest BCUT2D eigenvalue weighted by molar-refractivity contribution is -0.239. The number of piperidine rings is 1. The molecule has 0 unspecified atom stereocenters. The van der Waals surface area contributed by atoms with Crippen LogP contribution in [-0.2, 0) is 14.4 Å². The van der Waals surface area contributed by atoms with Crippen LogP contribution in [0.5, 0.6) is 0 Å². The summed E-state index contributed by atoms with van der Waals surface area (Å²) in [6.07, 6.45) is -5.11. The van der Waals surface area contributed by atoms with E-state index in [9.17, 15) is 27.6 Å². The van der Waals surface area contributed by atoms with Gasteiger partial charge in [-0.3, -0.25) is 10.1 Å². The van der Waals surface area contributed by atoms with Gasteiger partial charge in [-0.15, -0.1) is 5.06 Å². The number of hydrogen-bond donors (Lipinski definition) is 2. The molecule has 0 aromatic rings. The molecule has 0 radical (unpaired) electrons. The van der Waals surface area contributed by atoms with E-state index < -0.39 is 29.6 Å². The highest BCUT2D eigenvalue weighted by atomic mass is 19.4. The minimum absolute atomic E-state index is 0.0652. The Hall–Kier alpha value is -1.84. The Kier molecular flexibility index (Phi) is 3.12. The smallest absolute Gasteiger partial charge is 0.327 e. The van der Waals surface area contributed by atoms with Gasteiger partial charge >= 0.3 is 18.2 Å². The molecule has 0 aliphatic carbocycles. The van der Waals surface area contributed by atoms with Gasteiger partial charge in [0, 0.05) is 0 Å². The molecule has 2 fully saturated rings. The largest absolute Gasteiger partial charge is 0.493 e. The standard InChI is InChI=1S/C9H10F3N3O4/c10-9(11,12)6(17)19-15-7(18)14-5(16)8(15)1-3-13-4-2-8/h13H,1-4H2,(H,14,16,18). The molecule has 2 rings (SSSR count). The number of carbonyl (C=O) groups is 3.